The van der Waals surface area contributed by atoms with Gasteiger partial charge in [-0.2, -0.15) is 4.31 Å². The summed E-state index contributed by atoms with van der Waals surface area (Å²) in [5.74, 6) is 0. The molecule has 0 aromatic carbocycles. The second-order valence-corrected chi connectivity index (χ2v) is 7.38. The van der Waals surface area contributed by atoms with E-state index in [1.807, 2.05) is 0 Å². The summed E-state index contributed by atoms with van der Waals surface area (Å²) in [5.41, 5.74) is -0.291. The van der Waals surface area contributed by atoms with E-state index in [4.69, 9.17) is 0 Å². The predicted octanol–water partition coefficient (Wildman–Crippen LogP) is 0.234. The van der Waals surface area contributed by atoms with Crippen LogP contribution >= 0.6 is 0 Å². The van der Waals surface area contributed by atoms with Gasteiger partial charge in [0.2, 0.25) is 15.6 Å². The summed E-state index contributed by atoms with van der Waals surface area (Å²) in [6.07, 6.45) is 4.59. The maximum absolute atomic E-state index is 12.5. The fourth-order valence-corrected chi connectivity index (χ4v) is 4.50. The SMILES string of the molecule is O=c1ccc(S(=O)(=O)N2CCC(N3CCCC3)C2)c[nH]1. The Morgan fingerprint density at radius 3 is 2.55 bits per heavy atom. The molecule has 0 saturated carbocycles. The van der Waals surface area contributed by atoms with Gasteiger partial charge in [0, 0.05) is 31.4 Å². The van der Waals surface area contributed by atoms with Crippen LogP contribution in [0.4, 0.5) is 0 Å². The molecule has 20 heavy (non-hydrogen) atoms. The normalized spacial score (nSPS) is 25.3. The van der Waals surface area contributed by atoms with E-state index in [0.29, 0.717) is 19.1 Å². The summed E-state index contributed by atoms with van der Waals surface area (Å²) in [6, 6.07) is 2.97. The highest BCUT2D eigenvalue weighted by molar-refractivity contribution is 7.89. The predicted molar refractivity (Wildman–Crippen MR) is 75.0 cm³/mol. The minimum atomic E-state index is -3.48. The molecular weight excluding hydrogens is 278 g/mol. The lowest BCUT2D eigenvalue weighted by Crippen LogP contribution is -2.37. The first-order chi connectivity index (χ1) is 9.57. The van der Waals surface area contributed by atoms with Crippen molar-refractivity contribution in [2.24, 2.45) is 0 Å². The lowest BCUT2D eigenvalue weighted by atomic mass is 10.2. The number of H-pyrrole nitrogens is 1. The number of pyridine rings is 1. The van der Waals surface area contributed by atoms with Crippen LogP contribution in [0.5, 0.6) is 0 Å². The standard InChI is InChI=1S/C13H19N3O3S/c17-13-4-3-12(9-14-13)20(18,19)16-8-5-11(10-16)15-6-1-2-7-15/h3-4,9,11H,1-2,5-8,10H2,(H,14,17). The van der Waals surface area contributed by atoms with Crippen LogP contribution in [0.1, 0.15) is 19.3 Å². The number of hydrogen-bond acceptors (Lipinski definition) is 4. The Labute approximate surface area is 118 Å². The van der Waals surface area contributed by atoms with Crippen LogP contribution in [0.15, 0.2) is 28.0 Å². The van der Waals surface area contributed by atoms with Crippen LogP contribution in [0.3, 0.4) is 0 Å². The zero-order valence-corrected chi connectivity index (χ0v) is 12.1. The Hall–Kier alpha value is -1.18. The van der Waals surface area contributed by atoms with Crippen molar-refractivity contribution < 1.29 is 8.42 Å². The highest BCUT2D eigenvalue weighted by Crippen LogP contribution is 2.25. The first-order valence-electron chi connectivity index (χ1n) is 7.00. The third kappa shape index (κ3) is 2.53. The van der Waals surface area contributed by atoms with E-state index in [1.54, 1.807) is 0 Å². The van der Waals surface area contributed by atoms with Crippen LogP contribution in [-0.4, -0.2) is 54.8 Å². The molecule has 3 rings (SSSR count). The van der Waals surface area contributed by atoms with Crippen LogP contribution in [0.2, 0.25) is 0 Å². The zero-order valence-electron chi connectivity index (χ0n) is 11.3. The van der Waals surface area contributed by atoms with Crippen LogP contribution in [0.25, 0.3) is 0 Å². The van der Waals surface area contributed by atoms with E-state index < -0.39 is 10.0 Å². The first-order valence-corrected chi connectivity index (χ1v) is 8.44. The molecule has 1 N–H and O–H groups in total. The summed E-state index contributed by atoms with van der Waals surface area (Å²) >= 11 is 0. The molecule has 7 heteroatoms. The Morgan fingerprint density at radius 1 is 1.15 bits per heavy atom. The fraction of sp³-hybridized carbons (Fsp3) is 0.615. The van der Waals surface area contributed by atoms with Gasteiger partial charge in [0.15, 0.2) is 0 Å². The van der Waals surface area contributed by atoms with Gasteiger partial charge in [0.05, 0.1) is 4.90 Å². The van der Waals surface area contributed by atoms with Crippen molar-refractivity contribution in [2.45, 2.75) is 30.2 Å². The highest BCUT2D eigenvalue weighted by Gasteiger charge is 2.35. The van der Waals surface area contributed by atoms with Crippen molar-refractivity contribution in [2.75, 3.05) is 26.2 Å². The van der Waals surface area contributed by atoms with Gasteiger partial charge in [-0.3, -0.25) is 9.69 Å². The second-order valence-electron chi connectivity index (χ2n) is 5.44. The molecule has 2 aliphatic heterocycles. The largest absolute Gasteiger partial charge is 0.328 e. The Balaban J connectivity index is 1.75. The number of rotatable bonds is 3. The maximum Gasteiger partial charge on any atom is 0.247 e. The second kappa shape index (κ2) is 5.31. The Kier molecular flexibility index (Phi) is 3.66. The summed E-state index contributed by atoms with van der Waals surface area (Å²) in [6.45, 7) is 3.28. The quantitative estimate of drug-likeness (QED) is 0.867. The third-order valence-corrected chi connectivity index (χ3v) is 6.04. The zero-order chi connectivity index (χ0) is 14.2. The summed E-state index contributed by atoms with van der Waals surface area (Å²) in [5, 5.41) is 0. The topological polar surface area (TPSA) is 73.5 Å². The lowest BCUT2D eigenvalue weighted by Gasteiger charge is -2.23. The van der Waals surface area contributed by atoms with Crippen molar-refractivity contribution in [3.05, 3.63) is 28.7 Å². The maximum atomic E-state index is 12.5. The Morgan fingerprint density at radius 2 is 1.90 bits per heavy atom. The molecule has 2 aliphatic rings. The van der Waals surface area contributed by atoms with Crippen LogP contribution in [-0.2, 0) is 10.0 Å². The number of aromatic amines is 1. The van der Waals surface area contributed by atoms with Gasteiger partial charge in [-0.25, -0.2) is 8.42 Å². The molecule has 0 radical (unpaired) electrons. The fourth-order valence-electron chi connectivity index (χ4n) is 3.04. The van der Waals surface area contributed by atoms with Gasteiger partial charge in [-0.1, -0.05) is 0 Å². The number of nitrogens with zero attached hydrogens (tertiary/aromatic N) is 2. The van der Waals surface area contributed by atoms with Gasteiger partial charge in [0.1, 0.15) is 0 Å². The molecule has 1 unspecified atom stereocenters. The molecule has 110 valence electrons. The Bertz CT molecular complexity index is 614. The van der Waals surface area contributed by atoms with Crippen LogP contribution < -0.4 is 5.56 Å². The van der Waals surface area contributed by atoms with E-state index in [0.717, 1.165) is 19.5 Å². The minimum absolute atomic E-state index is 0.166. The van der Waals surface area contributed by atoms with E-state index in [-0.39, 0.29) is 10.5 Å². The molecule has 1 aromatic heterocycles. The van der Waals surface area contributed by atoms with Crippen molar-refractivity contribution in [1.29, 1.82) is 0 Å². The van der Waals surface area contributed by atoms with Crippen molar-refractivity contribution in [3.8, 4) is 0 Å². The number of aromatic nitrogens is 1. The molecule has 0 bridgehead atoms. The molecule has 1 atom stereocenters. The number of hydrogen-bond donors (Lipinski definition) is 1. The smallest absolute Gasteiger partial charge is 0.247 e. The van der Waals surface area contributed by atoms with Gasteiger partial charge in [-0.05, 0) is 38.4 Å². The summed E-state index contributed by atoms with van der Waals surface area (Å²) in [7, 11) is -3.48. The highest BCUT2D eigenvalue weighted by atomic mass is 32.2. The average molecular weight is 297 g/mol. The molecular formula is C13H19N3O3S. The van der Waals surface area contributed by atoms with Gasteiger partial charge < -0.3 is 4.98 Å². The van der Waals surface area contributed by atoms with E-state index in [9.17, 15) is 13.2 Å². The number of sulfonamides is 1. The van der Waals surface area contributed by atoms with E-state index in [1.165, 1.54) is 35.5 Å². The van der Waals surface area contributed by atoms with Gasteiger partial charge >= 0.3 is 0 Å². The molecule has 6 nitrogen and oxygen atoms in total. The molecule has 1 aromatic rings. The number of likely N-dealkylation sites (tertiary alicyclic amines) is 1. The van der Waals surface area contributed by atoms with Crippen LogP contribution in [0, 0.1) is 0 Å². The monoisotopic (exact) mass is 297 g/mol. The molecule has 0 aliphatic carbocycles. The van der Waals surface area contributed by atoms with E-state index >= 15 is 0 Å². The van der Waals surface area contributed by atoms with Gasteiger partial charge in [0.25, 0.3) is 0 Å². The summed E-state index contributed by atoms with van der Waals surface area (Å²) in [4.78, 5) is 16.0. The molecule has 2 fully saturated rings. The molecule has 3 heterocycles. The van der Waals surface area contributed by atoms with Gasteiger partial charge in [-0.15, -0.1) is 0 Å². The van der Waals surface area contributed by atoms with Crippen molar-refractivity contribution in [1.82, 2.24) is 14.2 Å². The van der Waals surface area contributed by atoms with Crippen molar-refractivity contribution >= 4 is 10.0 Å². The minimum Gasteiger partial charge on any atom is -0.328 e. The number of nitrogens with one attached hydrogen (secondary N) is 1. The molecule has 0 spiro atoms. The van der Waals surface area contributed by atoms with Crippen molar-refractivity contribution in [3.63, 3.8) is 0 Å². The van der Waals surface area contributed by atoms with E-state index in [2.05, 4.69) is 9.88 Å². The summed E-state index contributed by atoms with van der Waals surface area (Å²) < 4.78 is 26.5. The molecule has 2 saturated heterocycles. The lowest BCUT2D eigenvalue weighted by molar-refractivity contribution is 0.251. The first kappa shape index (κ1) is 13.8. The molecule has 0 amide bonds. The third-order valence-electron chi connectivity index (χ3n) is 4.18. The average Bonchev–Trinajstić information content (AvgIpc) is 3.10.